The van der Waals surface area contributed by atoms with E-state index in [1.807, 2.05) is 31.2 Å². The van der Waals surface area contributed by atoms with Crippen LogP contribution < -0.4 is 10.6 Å². The van der Waals surface area contributed by atoms with Crippen LogP contribution in [0.3, 0.4) is 0 Å². The Hall–Kier alpha value is -2.08. The molecule has 2 aliphatic rings. The van der Waals surface area contributed by atoms with E-state index >= 15 is 0 Å². The lowest BCUT2D eigenvalue weighted by Crippen LogP contribution is -2.48. The van der Waals surface area contributed by atoms with Crippen molar-refractivity contribution >= 4 is 17.5 Å². The van der Waals surface area contributed by atoms with Gasteiger partial charge in [-0.25, -0.2) is 0 Å². The van der Waals surface area contributed by atoms with Gasteiger partial charge < -0.3 is 20.3 Å². The zero-order valence-corrected chi connectivity index (χ0v) is 14.1. The molecule has 0 saturated carbocycles. The summed E-state index contributed by atoms with van der Waals surface area (Å²) in [6.07, 6.45) is 1.57. The number of amides is 2. The maximum absolute atomic E-state index is 12.8. The Balaban J connectivity index is 1.70. The molecule has 1 aromatic rings. The number of anilines is 1. The van der Waals surface area contributed by atoms with Crippen molar-refractivity contribution in [3.05, 3.63) is 29.8 Å². The van der Waals surface area contributed by atoms with Gasteiger partial charge in [0.25, 0.3) is 5.91 Å². The van der Waals surface area contributed by atoms with Crippen LogP contribution in [0.15, 0.2) is 24.3 Å². The molecule has 0 bridgehead atoms. The van der Waals surface area contributed by atoms with Crippen LogP contribution in [0.2, 0.25) is 0 Å². The summed E-state index contributed by atoms with van der Waals surface area (Å²) in [7, 11) is 0. The summed E-state index contributed by atoms with van der Waals surface area (Å²) in [4.78, 5) is 28.3. The van der Waals surface area contributed by atoms with Crippen molar-refractivity contribution in [2.75, 3.05) is 37.7 Å². The first kappa shape index (κ1) is 16.8. The van der Waals surface area contributed by atoms with Gasteiger partial charge in [-0.05, 0) is 44.0 Å². The van der Waals surface area contributed by atoms with Crippen LogP contribution in [0, 0.1) is 5.92 Å². The van der Waals surface area contributed by atoms with Crippen LogP contribution in [-0.4, -0.2) is 55.6 Å². The van der Waals surface area contributed by atoms with Crippen LogP contribution in [0.25, 0.3) is 0 Å². The fourth-order valence-electron chi connectivity index (χ4n) is 3.42. The molecule has 0 unspecified atom stereocenters. The highest BCUT2D eigenvalue weighted by atomic mass is 16.5. The molecule has 2 N–H and O–H groups in total. The molecular weight excluding hydrogens is 306 g/mol. The molecule has 2 aliphatic heterocycles. The summed E-state index contributed by atoms with van der Waals surface area (Å²) < 4.78 is 5.36. The lowest BCUT2D eigenvalue weighted by atomic mass is 9.92. The van der Waals surface area contributed by atoms with Gasteiger partial charge in [0.2, 0.25) is 5.91 Å². The number of hydrogen-bond acceptors (Lipinski definition) is 4. The average Bonchev–Trinajstić information content (AvgIpc) is 2.62. The first-order valence-electron chi connectivity index (χ1n) is 8.59. The summed E-state index contributed by atoms with van der Waals surface area (Å²) >= 11 is 0. The summed E-state index contributed by atoms with van der Waals surface area (Å²) in [6.45, 7) is 5.66. The van der Waals surface area contributed by atoms with Crippen molar-refractivity contribution in [2.45, 2.75) is 25.8 Å². The number of primary amides is 1. The summed E-state index contributed by atoms with van der Waals surface area (Å²) in [5.41, 5.74) is 7.19. The van der Waals surface area contributed by atoms with Crippen molar-refractivity contribution < 1.29 is 14.3 Å². The minimum atomic E-state index is -0.317. The standard InChI is InChI=1S/C18H25N3O3/c1-13-2-3-15(17(19)22)12-21(13)18(23)14-4-6-16(7-5-14)20-8-10-24-11-9-20/h4-7,13,15H,2-3,8-12H2,1H3,(H2,19,22)/t13-,15+/m0/s1. The van der Waals surface area contributed by atoms with E-state index in [4.69, 9.17) is 10.5 Å². The number of nitrogens with two attached hydrogens (primary N) is 1. The largest absolute Gasteiger partial charge is 0.378 e. The average molecular weight is 331 g/mol. The Morgan fingerprint density at radius 1 is 1.12 bits per heavy atom. The second-order valence-corrected chi connectivity index (χ2v) is 6.63. The maximum atomic E-state index is 12.8. The monoisotopic (exact) mass is 331 g/mol. The minimum absolute atomic E-state index is 0.0259. The number of piperidine rings is 1. The fraction of sp³-hybridized carbons (Fsp3) is 0.556. The van der Waals surface area contributed by atoms with Crippen LogP contribution in [0.4, 0.5) is 5.69 Å². The molecule has 6 heteroatoms. The Bertz CT molecular complexity index is 596. The van der Waals surface area contributed by atoms with Gasteiger partial charge in [-0.3, -0.25) is 9.59 Å². The van der Waals surface area contributed by atoms with Gasteiger partial charge in [-0.2, -0.15) is 0 Å². The zero-order valence-electron chi connectivity index (χ0n) is 14.1. The molecule has 24 heavy (non-hydrogen) atoms. The quantitative estimate of drug-likeness (QED) is 0.904. The molecule has 0 radical (unpaired) electrons. The van der Waals surface area contributed by atoms with E-state index in [0.717, 1.165) is 44.8 Å². The van der Waals surface area contributed by atoms with E-state index in [1.165, 1.54) is 0 Å². The van der Waals surface area contributed by atoms with Crippen molar-refractivity contribution in [2.24, 2.45) is 11.7 Å². The number of rotatable bonds is 3. The number of benzene rings is 1. The SMILES string of the molecule is C[C@H]1CC[C@@H](C(N)=O)CN1C(=O)c1ccc(N2CCOCC2)cc1. The number of likely N-dealkylation sites (tertiary alicyclic amines) is 1. The predicted molar refractivity (Wildman–Crippen MR) is 91.9 cm³/mol. The molecule has 2 amide bonds. The van der Waals surface area contributed by atoms with Crippen LogP contribution in [0.1, 0.15) is 30.1 Å². The smallest absolute Gasteiger partial charge is 0.254 e. The fourth-order valence-corrected chi connectivity index (χ4v) is 3.42. The summed E-state index contributed by atoms with van der Waals surface area (Å²) in [6, 6.07) is 7.84. The lowest BCUT2D eigenvalue weighted by molar-refractivity contribution is -0.123. The van der Waals surface area contributed by atoms with Gasteiger partial charge in [-0.15, -0.1) is 0 Å². The third-order valence-electron chi connectivity index (χ3n) is 5.04. The predicted octanol–water partition coefficient (Wildman–Crippen LogP) is 1.25. The highest BCUT2D eigenvalue weighted by molar-refractivity contribution is 5.95. The molecular formula is C18H25N3O3. The molecule has 0 aliphatic carbocycles. The number of ether oxygens (including phenoxy) is 1. The molecule has 0 aromatic heterocycles. The van der Waals surface area contributed by atoms with E-state index in [-0.39, 0.29) is 23.8 Å². The van der Waals surface area contributed by atoms with E-state index in [0.29, 0.717) is 12.1 Å². The van der Waals surface area contributed by atoms with Gasteiger partial charge in [0, 0.05) is 36.9 Å². The van der Waals surface area contributed by atoms with Crippen molar-refractivity contribution in [3.8, 4) is 0 Å². The molecule has 2 saturated heterocycles. The molecule has 6 nitrogen and oxygen atoms in total. The summed E-state index contributed by atoms with van der Waals surface area (Å²) in [5.74, 6) is -0.581. The topological polar surface area (TPSA) is 75.9 Å². The Kier molecular flexibility index (Phi) is 5.04. The van der Waals surface area contributed by atoms with E-state index < -0.39 is 0 Å². The van der Waals surface area contributed by atoms with Crippen LogP contribution in [-0.2, 0) is 9.53 Å². The lowest BCUT2D eigenvalue weighted by Gasteiger charge is -2.37. The van der Waals surface area contributed by atoms with E-state index in [1.54, 1.807) is 4.90 Å². The van der Waals surface area contributed by atoms with Gasteiger partial charge in [0.1, 0.15) is 0 Å². The molecule has 0 spiro atoms. The van der Waals surface area contributed by atoms with Crippen molar-refractivity contribution in [1.82, 2.24) is 4.90 Å². The Labute approximate surface area is 142 Å². The zero-order chi connectivity index (χ0) is 17.1. The molecule has 3 rings (SSSR count). The number of nitrogens with zero attached hydrogens (tertiary/aromatic N) is 2. The maximum Gasteiger partial charge on any atom is 0.254 e. The van der Waals surface area contributed by atoms with Gasteiger partial charge >= 0.3 is 0 Å². The highest BCUT2D eigenvalue weighted by Gasteiger charge is 2.32. The van der Waals surface area contributed by atoms with Crippen LogP contribution >= 0.6 is 0 Å². The molecule has 2 fully saturated rings. The number of morpholine rings is 1. The molecule has 2 atom stereocenters. The number of carbonyl (C=O) groups excluding carboxylic acids is 2. The van der Waals surface area contributed by atoms with Crippen molar-refractivity contribution in [3.63, 3.8) is 0 Å². The highest BCUT2D eigenvalue weighted by Crippen LogP contribution is 2.24. The summed E-state index contributed by atoms with van der Waals surface area (Å²) in [5, 5.41) is 0. The molecule has 130 valence electrons. The van der Waals surface area contributed by atoms with Gasteiger partial charge in [0.15, 0.2) is 0 Å². The Morgan fingerprint density at radius 2 is 1.79 bits per heavy atom. The molecule has 2 heterocycles. The van der Waals surface area contributed by atoms with E-state index in [9.17, 15) is 9.59 Å². The second-order valence-electron chi connectivity index (χ2n) is 6.63. The molecule has 1 aromatic carbocycles. The first-order valence-corrected chi connectivity index (χ1v) is 8.59. The van der Waals surface area contributed by atoms with Crippen molar-refractivity contribution in [1.29, 1.82) is 0 Å². The van der Waals surface area contributed by atoms with E-state index in [2.05, 4.69) is 4.90 Å². The first-order chi connectivity index (χ1) is 11.6. The van der Waals surface area contributed by atoms with Gasteiger partial charge in [-0.1, -0.05) is 0 Å². The normalized spacial score (nSPS) is 24.7. The van der Waals surface area contributed by atoms with Crippen LogP contribution in [0.5, 0.6) is 0 Å². The number of hydrogen-bond donors (Lipinski definition) is 1. The minimum Gasteiger partial charge on any atom is -0.378 e. The third-order valence-corrected chi connectivity index (χ3v) is 5.04. The van der Waals surface area contributed by atoms with Gasteiger partial charge in [0.05, 0.1) is 19.1 Å². The third kappa shape index (κ3) is 3.53. The number of carbonyl (C=O) groups is 2. The Morgan fingerprint density at radius 3 is 2.42 bits per heavy atom. The second kappa shape index (κ2) is 7.21.